The van der Waals surface area contributed by atoms with Crippen LogP contribution in [0.25, 0.3) is 0 Å². The van der Waals surface area contributed by atoms with Gasteiger partial charge in [0.25, 0.3) is 0 Å². The Balaban J connectivity index is 1.75. The van der Waals surface area contributed by atoms with Gasteiger partial charge in [-0.15, -0.1) is 0 Å². The second-order valence-corrected chi connectivity index (χ2v) is 5.22. The molecule has 0 saturated carbocycles. The molecule has 0 atom stereocenters. The zero-order valence-corrected chi connectivity index (χ0v) is 12.9. The number of nitrogens with one attached hydrogen (secondary N) is 1. The van der Waals surface area contributed by atoms with Gasteiger partial charge in [0.1, 0.15) is 5.75 Å². The highest BCUT2D eigenvalue weighted by Crippen LogP contribution is 2.12. The fourth-order valence-electron chi connectivity index (χ4n) is 2.07. The maximum Gasteiger partial charge on any atom is 0.119 e. The third kappa shape index (κ3) is 5.56. The van der Waals surface area contributed by atoms with Gasteiger partial charge in [-0.1, -0.05) is 31.5 Å². The van der Waals surface area contributed by atoms with Gasteiger partial charge in [-0.3, -0.25) is 4.98 Å². The van der Waals surface area contributed by atoms with Crippen molar-refractivity contribution in [2.45, 2.75) is 39.8 Å². The van der Waals surface area contributed by atoms with Crippen molar-refractivity contribution < 1.29 is 4.74 Å². The average Bonchev–Trinajstić information content (AvgIpc) is 2.49. The predicted octanol–water partition coefficient (Wildman–Crippen LogP) is 3.86. The molecule has 2 rings (SSSR count). The first-order chi connectivity index (χ1) is 10.3. The molecule has 0 unspecified atom stereocenters. The summed E-state index contributed by atoms with van der Waals surface area (Å²) in [6.45, 7) is 6.61. The normalized spacial score (nSPS) is 10.6. The molecule has 0 fully saturated rings. The lowest BCUT2D eigenvalue weighted by atomic mass is 10.2. The fourth-order valence-corrected chi connectivity index (χ4v) is 2.07. The minimum atomic E-state index is 0.788. The Bertz CT molecular complexity index is 537. The van der Waals surface area contributed by atoms with Crippen molar-refractivity contribution >= 4 is 0 Å². The number of aryl methyl sites for hydroxylation is 1. The Morgan fingerprint density at radius 3 is 2.57 bits per heavy atom. The van der Waals surface area contributed by atoms with Gasteiger partial charge in [0.2, 0.25) is 0 Å². The van der Waals surface area contributed by atoms with Crippen LogP contribution >= 0.6 is 0 Å². The summed E-state index contributed by atoms with van der Waals surface area (Å²) in [6.07, 6.45) is 2.27. The number of rotatable bonds is 8. The zero-order valence-electron chi connectivity index (χ0n) is 12.9. The molecule has 1 aromatic carbocycles. The van der Waals surface area contributed by atoms with Crippen molar-refractivity contribution in [2.24, 2.45) is 0 Å². The summed E-state index contributed by atoms with van der Waals surface area (Å²) in [5.74, 6) is 0.951. The molecule has 0 aliphatic heterocycles. The third-order valence-corrected chi connectivity index (χ3v) is 3.27. The molecule has 3 nitrogen and oxygen atoms in total. The summed E-state index contributed by atoms with van der Waals surface area (Å²) < 4.78 is 5.66. The summed E-state index contributed by atoms with van der Waals surface area (Å²) in [5.41, 5.74) is 3.39. The molecular formula is C18H24N2O. The van der Waals surface area contributed by atoms with Gasteiger partial charge >= 0.3 is 0 Å². The van der Waals surface area contributed by atoms with E-state index in [4.69, 9.17) is 4.74 Å². The van der Waals surface area contributed by atoms with Crippen LogP contribution in [0.2, 0.25) is 0 Å². The standard InChI is InChI=1S/C18H24N2O/c1-3-4-12-21-18-10-8-16(9-11-18)13-19-14-17-7-5-6-15(2)20-17/h5-11,19H,3-4,12-14H2,1-2H3. The Morgan fingerprint density at radius 1 is 1.05 bits per heavy atom. The van der Waals surface area contributed by atoms with Crippen LogP contribution in [0.4, 0.5) is 0 Å². The van der Waals surface area contributed by atoms with Gasteiger partial charge in [-0.25, -0.2) is 0 Å². The molecule has 1 N–H and O–H groups in total. The molecule has 3 heteroatoms. The molecule has 112 valence electrons. The minimum Gasteiger partial charge on any atom is -0.494 e. The maximum atomic E-state index is 5.66. The van der Waals surface area contributed by atoms with E-state index in [1.54, 1.807) is 0 Å². The third-order valence-electron chi connectivity index (χ3n) is 3.27. The molecule has 0 radical (unpaired) electrons. The number of ether oxygens (including phenoxy) is 1. The van der Waals surface area contributed by atoms with E-state index in [-0.39, 0.29) is 0 Å². The number of benzene rings is 1. The number of pyridine rings is 1. The molecule has 21 heavy (non-hydrogen) atoms. The highest BCUT2D eigenvalue weighted by molar-refractivity contribution is 5.27. The van der Waals surface area contributed by atoms with Crippen LogP contribution in [-0.2, 0) is 13.1 Å². The second-order valence-electron chi connectivity index (χ2n) is 5.22. The van der Waals surface area contributed by atoms with E-state index in [0.29, 0.717) is 0 Å². The SMILES string of the molecule is CCCCOc1ccc(CNCc2cccc(C)n2)cc1. The van der Waals surface area contributed by atoms with E-state index >= 15 is 0 Å². The van der Waals surface area contributed by atoms with Crippen LogP contribution in [0.15, 0.2) is 42.5 Å². The van der Waals surface area contributed by atoms with E-state index < -0.39 is 0 Å². The van der Waals surface area contributed by atoms with Crippen LogP contribution in [0.3, 0.4) is 0 Å². The fraction of sp³-hybridized carbons (Fsp3) is 0.389. The van der Waals surface area contributed by atoms with Crippen LogP contribution in [0, 0.1) is 6.92 Å². The molecular weight excluding hydrogens is 260 g/mol. The lowest BCUT2D eigenvalue weighted by molar-refractivity contribution is 0.309. The van der Waals surface area contributed by atoms with Gasteiger partial charge in [-0.05, 0) is 43.2 Å². The second kappa shape index (κ2) is 8.42. The smallest absolute Gasteiger partial charge is 0.119 e. The number of unbranched alkanes of at least 4 members (excludes halogenated alkanes) is 1. The highest BCUT2D eigenvalue weighted by Gasteiger charge is 1.98. The number of hydrogen-bond acceptors (Lipinski definition) is 3. The summed E-state index contributed by atoms with van der Waals surface area (Å²) in [4.78, 5) is 4.48. The number of hydrogen-bond donors (Lipinski definition) is 1. The van der Waals surface area contributed by atoms with Crippen LogP contribution in [0.1, 0.15) is 36.7 Å². The molecule has 1 aromatic heterocycles. The molecule has 0 saturated heterocycles. The monoisotopic (exact) mass is 284 g/mol. The largest absolute Gasteiger partial charge is 0.494 e. The lowest BCUT2D eigenvalue weighted by Crippen LogP contribution is -2.13. The zero-order chi connectivity index (χ0) is 14.9. The summed E-state index contributed by atoms with van der Waals surface area (Å²) in [7, 11) is 0. The van der Waals surface area contributed by atoms with Gasteiger partial charge in [-0.2, -0.15) is 0 Å². The van der Waals surface area contributed by atoms with Crippen LogP contribution in [-0.4, -0.2) is 11.6 Å². The van der Waals surface area contributed by atoms with E-state index in [1.807, 2.05) is 37.3 Å². The van der Waals surface area contributed by atoms with Crippen molar-refractivity contribution in [3.63, 3.8) is 0 Å². The number of nitrogens with zero attached hydrogens (tertiary/aromatic N) is 1. The molecule has 0 spiro atoms. The van der Waals surface area contributed by atoms with Crippen molar-refractivity contribution in [1.82, 2.24) is 10.3 Å². The van der Waals surface area contributed by atoms with Crippen molar-refractivity contribution in [1.29, 1.82) is 0 Å². The molecule has 0 aliphatic carbocycles. The Labute approximate surface area is 127 Å². The summed E-state index contributed by atoms with van der Waals surface area (Å²) >= 11 is 0. The first-order valence-electron chi connectivity index (χ1n) is 7.63. The minimum absolute atomic E-state index is 0.788. The maximum absolute atomic E-state index is 5.66. The Morgan fingerprint density at radius 2 is 1.86 bits per heavy atom. The Kier molecular flexibility index (Phi) is 6.22. The lowest BCUT2D eigenvalue weighted by Gasteiger charge is -2.08. The van der Waals surface area contributed by atoms with Crippen LogP contribution in [0.5, 0.6) is 5.75 Å². The van der Waals surface area contributed by atoms with E-state index in [9.17, 15) is 0 Å². The van der Waals surface area contributed by atoms with E-state index in [0.717, 1.165) is 49.7 Å². The van der Waals surface area contributed by atoms with Crippen molar-refractivity contribution in [3.05, 3.63) is 59.4 Å². The first-order valence-corrected chi connectivity index (χ1v) is 7.63. The number of aromatic nitrogens is 1. The molecule has 0 amide bonds. The van der Waals surface area contributed by atoms with Crippen molar-refractivity contribution in [2.75, 3.05) is 6.61 Å². The molecule has 2 aromatic rings. The van der Waals surface area contributed by atoms with E-state index in [1.165, 1.54) is 5.56 Å². The van der Waals surface area contributed by atoms with Crippen molar-refractivity contribution in [3.8, 4) is 5.75 Å². The molecule has 0 aliphatic rings. The Hall–Kier alpha value is -1.87. The van der Waals surface area contributed by atoms with Gasteiger partial charge in [0.15, 0.2) is 0 Å². The average molecular weight is 284 g/mol. The topological polar surface area (TPSA) is 34.1 Å². The quantitative estimate of drug-likeness (QED) is 0.747. The predicted molar refractivity (Wildman–Crippen MR) is 86.4 cm³/mol. The first kappa shape index (κ1) is 15.5. The van der Waals surface area contributed by atoms with Gasteiger partial charge < -0.3 is 10.1 Å². The molecule has 0 bridgehead atoms. The summed E-state index contributed by atoms with van der Waals surface area (Å²) in [5, 5.41) is 3.41. The summed E-state index contributed by atoms with van der Waals surface area (Å²) in [6, 6.07) is 14.4. The van der Waals surface area contributed by atoms with Gasteiger partial charge in [0.05, 0.1) is 12.3 Å². The molecule has 1 heterocycles. The van der Waals surface area contributed by atoms with E-state index in [2.05, 4.69) is 29.4 Å². The highest BCUT2D eigenvalue weighted by atomic mass is 16.5. The van der Waals surface area contributed by atoms with Crippen LogP contribution < -0.4 is 10.1 Å². The van der Waals surface area contributed by atoms with Gasteiger partial charge in [0, 0.05) is 18.8 Å².